The first-order valence-electron chi connectivity index (χ1n) is 11.9. The molecule has 0 N–H and O–H groups in total. The zero-order valence-corrected chi connectivity index (χ0v) is 18.8. The number of hydrogen-bond acceptors (Lipinski definition) is 4. The quantitative estimate of drug-likeness (QED) is 0.303. The second kappa shape index (κ2) is 7.50. The molecule has 7 atom stereocenters. The maximum absolute atomic E-state index is 11.5. The van der Waals surface area contributed by atoms with Gasteiger partial charge in [0.15, 0.2) is 0 Å². The molecule has 4 nitrogen and oxygen atoms in total. The van der Waals surface area contributed by atoms with E-state index in [-0.39, 0.29) is 16.9 Å². The number of ether oxygens (including phenoxy) is 1. The van der Waals surface area contributed by atoms with Crippen molar-refractivity contribution in [1.29, 1.82) is 0 Å². The van der Waals surface area contributed by atoms with Gasteiger partial charge in [-0.3, -0.25) is 4.79 Å². The van der Waals surface area contributed by atoms with Gasteiger partial charge >= 0.3 is 5.97 Å². The van der Waals surface area contributed by atoms with Gasteiger partial charge in [0.05, 0.1) is 7.11 Å². The number of fused-ring (bicyclic) bond motifs is 5. The summed E-state index contributed by atoms with van der Waals surface area (Å²) in [5.74, 6) is 3.06. The van der Waals surface area contributed by atoms with Gasteiger partial charge in [0.1, 0.15) is 5.54 Å². The van der Waals surface area contributed by atoms with Crippen LogP contribution in [-0.4, -0.2) is 18.6 Å². The van der Waals surface area contributed by atoms with Crippen molar-refractivity contribution in [1.82, 2.24) is 0 Å². The summed E-state index contributed by atoms with van der Waals surface area (Å²) in [7, 11) is 1.49. The van der Waals surface area contributed by atoms with E-state index in [4.69, 9.17) is 4.74 Å². The Morgan fingerprint density at radius 3 is 2.66 bits per heavy atom. The third-order valence-electron chi connectivity index (χ3n) is 9.96. The van der Waals surface area contributed by atoms with Crippen molar-refractivity contribution < 1.29 is 9.53 Å². The summed E-state index contributed by atoms with van der Waals surface area (Å²) in [6.45, 7) is 7.09. The van der Waals surface area contributed by atoms with Crippen molar-refractivity contribution in [2.45, 2.75) is 96.9 Å². The molecule has 0 aromatic carbocycles. The van der Waals surface area contributed by atoms with E-state index in [1.807, 2.05) is 6.92 Å². The van der Waals surface area contributed by atoms with Crippen molar-refractivity contribution in [3.8, 4) is 0 Å². The number of carbonyl (C=O) groups is 1. The van der Waals surface area contributed by atoms with Gasteiger partial charge in [-0.2, -0.15) is 4.91 Å². The first kappa shape index (κ1) is 21.1. The zero-order valence-electron chi connectivity index (χ0n) is 18.8. The lowest BCUT2D eigenvalue weighted by molar-refractivity contribution is -0.140. The van der Waals surface area contributed by atoms with Crippen LogP contribution < -0.4 is 0 Å². The number of methoxy groups -OCH3 is 1. The Hall–Kier alpha value is -1.19. The fourth-order valence-electron chi connectivity index (χ4n) is 8.06. The van der Waals surface area contributed by atoms with Crippen molar-refractivity contribution in [2.75, 3.05) is 7.11 Å². The average molecular weight is 402 g/mol. The summed E-state index contributed by atoms with van der Waals surface area (Å²) in [5.41, 5.74) is 1.85. The van der Waals surface area contributed by atoms with Crippen molar-refractivity contribution in [3.05, 3.63) is 16.6 Å². The van der Waals surface area contributed by atoms with Crippen LogP contribution in [0.15, 0.2) is 16.8 Å². The van der Waals surface area contributed by atoms with Gasteiger partial charge in [-0.25, -0.2) is 0 Å². The summed E-state index contributed by atoms with van der Waals surface area (Å²) in [6.07, 6.45) is 14.7. The molecule has 0 spiro atoms. The lowest BCUT2D eigenvalue weighted by Gasteiger charge is -2.58. The molecule has 3 saturated carbocycles. The minimum atomic E-state index is -0.389. The summed E-state index contributed by atoms with van der Waals surface area (Å²) in [4.78, 5) is 22.9. The molecule has 4 aliphatic carbocycles. The van der Waals surface area contributed by atoms with E-state index >= 15 is 0 Å². The van der Waals surface area contributed by atoms with Crippen LogP contribution in [-0.2, 0) is 9.53 Å². The van der Waals surface area contributed by atoms with E-state index in [9.17, 15) is 9.70 Å². The highest BCUT2D eigenvalue weighted by Crippen LogP contribution is 2.67. The number of hydrogen-bond donors (Lipinski definition) is 0. The molecule has 0 aromatic heterocycles. The highest BCUT2D eigenvalue weighted by molar-refractivity contribution is 5.68. The van der Waals surface area contributed by atoms with E-state index in [2.05, 4.69) is 25.1 Å². The molecule has 162 valence electrons. The highest BCUT2D eigenvalue weighted by atomic mass is 16.5. The van der Waals surface area contributed by atoms with Crippen LogP contribution in [0.4, 0.5) is 0 Å². The second-order valence-corrected chi connectivity index (χ2v) is 11.3. The van der Waals surface area contributed by atoms with Crippen LogP contribution in [0.3, 0.4) is 0 Å². The number of esters is 1. The second-order valence-electron chi connectivity index (χ2n) is 11.3. The van der Waals surface area contributed by atoms with Crippen molar-refractivity contribution in [3.63, 3.8) is 0 Å². The Morgan fingerprint density at radius 2 is 1.93 bits per heavy atom. The Kier molecular flexibility index (Phi) is 5.44. The number of carbonyl (C=O) groups excluding carboxylic acids is 1. The summed E-state index contributed by atoms with van der Waals surface area (Å²) < 4.78 is 4.83. The molecule has 4 heteroatoms. The van der Waals surface area contributed by atoms with Crippen LogP contribution in [0, 0.1) is 39.4 Å². The van der Waals surface area contributed by atoms with E-state index in [0.717, 1.165) is 49.4 Å². The van der Waals surface area contributed by atoms with Crippen LogP contribution in [0.5, 0.6) is 0 Å². The third kappa shape index (κ3) is 3.39. The number of allylic oxidation sites excluding steroid dienone is 1. The first-order valence-corrected chi connectivity index (χ1v) is 11.9. The molecule has 3 fully saturated rings. The lowest BCUT2D eigenvalue weighted by atomic mass is 9.46. The molecular formula is C25H39NO3. The van der Waals surface area contributed by atoms with Crippen LogP contribution in [0.2, 0.25) is 0 Å². The van der Waals surface area contributed by atoms with Gasteiger partial charge < -0.3 is 4.74 Å². The minimum absolute atomic E-state index is 0.0691. The summed E-state index contributed by atoms with van der Waals surface area (Å²) in [5, 5.41) is 3.50. The SMILES string of the molecule is COC(=O)CCC[C@H]1CCC2C3CC=C4C[C@@](C)(N=O)CCC4(C)[C@H]3CC[C@@]21C. The van der Waals surface area contributed by atoms with Crippen LogP contribution >= 0.6 is 0 Å². The number of rotatable bonds is 5. The molecule has 0 saturated heterocycles. The maximum atomic E-state index is 11.5. The highest BCUT2D eigenvalue weighted by Gasteiger charge is 2.59. The fraction of sp³-hybridized carbons (Fsp3) is 0.880. The Labute approximate surface area is 176 Å². The first-order chi connectivity index (χ1) is 13.8. The van der Waals surface area contributed by atoms with Gasteiger partial charge in [-0.15, -0.1) is 0 Å². The largest absolute Gasteiger partial charge is 0.469 e. The van der Waals surface area contributed by atoms with E-state index in [0.29, 0.717) is 11.8 Å². The van der Waals surface area contributed by atoms with Crippen LogP contribution in [0.25, 0.3) is 0 Å². The number of nitrogens with zero attached hydrogens (tertiary/aromatic N) is 1. The molecular weight excluding hydrogens is 362 g/mol. The van der Waals surface area contributed by atoms with Crippen molar-refractivity contribution >= 4 is 5.97 Å². The molecule has 3 unspecified atom stereocenters. The molecule has 29 heavy (non-hydrogen) atoms. The Bertz CT molecular complexity index is 702. The molecule has 0 aromatic rings. The maximum Gasteiger partial charge on any atom is 0.305 e. The van der Waals surface area contributed by atoms with E-state index < -0.39 is 0 Å². The van der Waals surface area contributed by atoms with Gasteiger partial charge in [0, 0.05) is 6.42 Å². The predicted molar refractivity (Wildman–Crippen MR) is 115 cm³/mol. The standard InChI is InChI=1S/C25H39NO3/c1-23(26-28)14-15-25(3)18(16-23)8-10-19-20-11-9-17(6-5-7-22(27)29-4)24(20,2)13-12-21(19)25/h8,17,19-21H,5-7,9-16H2,1-4H3/t17-,19?,20?,21-,23-,24+,25?/m0/s1. The van der Waals surface area contributed by atoms with Gasteiger partial charge in [0.2, 0.25) is 0 Å². The lowest BCUT2D eigenvalue weighted by Crippen LogP contribution is -2.51. The predicted octanol–water partition coefficient (Wildman–Crippen LogP) is 6.43. The van der Waals surface area contributed by atoms with Crippen LogP contribution in [0.1, 0.15) is 91.4 Å². The molecule has 0 heterocycles. The van der Waals surface area contributed by atoms with Gasteiger partial charge in [-0.1, -0.05) is 30.7 Å². The molecule has 0 radical (unpaired) electrons. The molecule has 4 aliphatic rings. The van der Waals surface area contributed by atoms with E-state index in [1.54, 1.807) is 0 Å². The minimum Gasteiger partial charge on any atom is -0.469 e. The molecule has 4 rings (SSSR count). The monoisotopic (exact) mass is 401 g/mol. The third-order valence-corrected chi connectivity index (χ3v) is 9.96. The normalized spacial score (nSPS) is 46.1. The zero-order chi connectivity index (χ0) is 20.9. The Balaban J connectivity index is 1.49. The van der Waals surface area contributed by atoms with E-state index in [1.165, 1.54) is 51.2 Å². The summed E-state index contributed by atoms with van der Waals surface area (Å²) >= 11 is 0. The average Bonchev–Trinajstić information content (AvgIpc) is 3.05. The van der Waals surface area contributed by atoms with Gasteiger partial charge in [-0.05, 0) is 106 Å². The molecule has 0 bridgehead atoms. The van der Waals surface area contributed by atoms with Gasteiger partial charge in [0.25, 0.3) is 0 Å². The topological polar surface area (TPSA) is 55.7 Å². The summed E-state index contributed by atoms with van der Waals surface area (Å²) in [6, 6.07) is 0. The Morgan fingerprint density at radius 1 is 1.14 bits per heavy atom. The molecule has 0 amide bonds. The smallest absolute Gasteiger partial charge is 0.305 e. The fourth-order valence-corrected chi connectivity index (χ4v) is 8.06. The molecule has 0 aliphatic heterocycles. The number of nitroso groups, excluding NO2 is 1. The van der Waals surface area contributed by atoms with Crippen molar-refractivity contribution in [2.24, 2.45) is 39.7 Å².